The van der Waals surface area contributed by atoms with Crippen LogP contribution in [0.1, 0.15) is 109 Å². The van der Waals surface area contributed by atoms with Crippen molar-refractivity contribution in [2.75, 3.05) is 0 Å². The molecule has 2 aromatic carbocycles. The van der Waals surface area contributed by atoms with Gasteiger partial charge in [0.15, 0.2) is 0 Å². The maximum atomic E-state index is 2.36. The van der Waals surface area contributed by atoms with Crippen LogP contribution in [0.5, 0.6) is 0 Å². The molecule has 0 atom stereocenters. The van der Waals surface area contributed by atoms with Crippen LogP contribution < -0.4 is 0 Å². The lowest BCUT2D eigenvalue weighted by molar-refractivity contribution is 0.582. The third-order valence-electron chi connectivity index (χ3n) is 5.70. The predicted molar refractivity (Wildman–Crippen MR) is 121 cm³/mol. The first-order chi connectivity index (χ1) is 12.6. The van der Waals surface area contributed by atoms with Crippen molar-refractivity contribution in [2.24, 2.45) is 0 Å². The lowest BCUT2D eigenvalue weighted by Gasteiger charge is -2.24. The lowest BCUT2D eigenvalue weighted by atomic mass is 9.81. The highest BCUT2D eigenvalue weighted by Crippen LogP contribution is 2.33. The van der Waals surface area contributed by atoms with Gasteiger partial charge in [0, 0.05) is 5.92 Å². The number of hydrogen-bond acceptors (Lipinski definition) is 0. The zero-order chi connectivity index (χ0) is 20.1. The van der Waals surface area contributed by atoms with Gasteiger partial charge in [-0.25, -0.2) is 0 Å². The second kappa shape index (κ2) is 9.09. The summed E-state index contributed by atoms with van der Waals surface area (Å²) in [5.74, 6) is 0.505. The van der Waals surface area contributed by atoms with Crippen molar-refractivity contribution in [3.8, 4) is 0 Å². The summed E-state index contributed by atoms with van der Waals surface area (Å²) in [7, 11) is 0. The molecular formula is C27H40. The molecule has 0 heterocycles. The fourth-order valence-corrected chi connectivity index (χ4v) is 3.73. The zero-order valence-electron chi connectivity index (χ0n) is 18.7. The quantitative estimate of drug-likeness (QED) is 0.433. The molecule has 0 amide bonds. The minimum absolute atomic E-state index is 0.212. The Hall–Kier alpha value is -1.56. The van der Waals surface area contributed by atoms with E-state index in [4.69, 9.17) is 0 Å². The Morgan fingerprint density at radius 3 is 1.33 bits per heavy atom. The van der Waals surface area contributed by atoms with Crippen molar-refractivity contribution in [2.45, 2.75) is 97.3 Å². The van der Waals surface area contributed by atoms with E-state index in [1.807, 2.05) is 0 Å². The van der Waals surface area contributed by atoms with Gasteiger partial charge >= 0.3 is 0 Å². The summed E-state index contributed by atoms with van der Waals surface area (Å²) < 4.78 is 0. The maximum absolute atomic E-state index is 2.36. The van der Waals surface area contributed by atoms with Crippen molar-refractivity contribution < 1.29 is 0 Å². The summed E-state index contributed by atoms with van der Waals surface area (Å²) in [6, 6.07) is 18.8. The van der Waals surface area contributed by atoms with Gasteiger partial charge in [0.1, 0.15) is 0 Å². The molecule has 0 bridgehead atoms. The minimum atomic E-state index is 0.212. The largest absolute Gasteiger partial charge is 0.0654 e. The van der Waals surface area contributed by atoms with E-state index < -0.39 is 0 Å². The average Bonchev–Trinajstić information content (AvgIpc) is 2.61. The molecule has 0 unspecified atom stereocenters. The van der Waals surface area contributed by atoms with E-state index in [0.717, 1.165) is 0 Å². The molecule has 0 radical (unpaired) electrons. The summed E-state index contributed by atoms with van der Waals surface area (Å²) in [5, 5.41) is 0. The van der Waals surface area contributed by atoms with Crippen molar-refractivity contribution in [3.05, 3.63) is 70.8 Å². The van der Waals surface area contributed by atoms with Gasteiger partial charge in [0.2, 0.25) is 0 Å². The summed E-state index contributed by atoms with van der Waals surface area (Å²) in [6.45, 7) is 16.0. The molecule has 0 aliphatic carbocycles. The van der Waals surface area contributed by atoms with Crippen LogP contribution in [-0.2, 0) is 10.8 Å². The number of rotatable bonds is 7. The van der Waals surface area contributed by atoms with E-state index in [1.54, 1.807) is 0 Å². The number of hydrogen-bond donors (Lipinski definition) is 0. The van der Waals surface area contributed by atoms with Gasteiger partial charge in [-0.05, 0) is 39.5 Å². The van der Waals surface area contributed by atoms with Crippen LogP contribution in [0.25, 0.3) is 0 Å². The predicted octanol–water partition coefficient (Wildman–Crippen LogP) is 8.38. The van der Waals surface area contributed by atoms with Crippen molar-refractivity contribution in [1.29, 1.82) is 0 Å². The Morgan fingerprint density at radius 2 is 1.00 bits per heavy atom. The highest BCUT2D eigenvalue weighted by molar-refractivity contribution is 5.38. The standard InChI is InChI=1S/C27H40/c1-8-9-10-11-12-25(21-13-17-23(18-14-21)26(2,3)4)22-15-19-24(20-16-22)27(5,6)7/h13-20,25H,8-12H2,1-7H3. The first-order valence-corrected chi connectivity index (χ1v) is 10.8. The van der Waals surface area contributed by atoms with Crippen molar-refractivity contribution in [3.63, 3.8) is 0 Å². The second-order valence-corrected chi connectivity index (χ2v) is 10.1. The molecule has 0 heteroatoms. The van der Waals surface area contributed by atoms with E-state index in [0.29, 0.717) is 5.92 Å². The average molecular weight is 365 g/mol. The van der Waals surface area contributed by atoms with Crippen LogP contribution in [0.4, 0.5) is 0 Å². The van der Waals surface area contributed by atoms with Gasteiger partial charge in [-0.15, -0.1) is 0 Å². The van der Waals surface area contributed by atoms with Crippen molar-refractivity contribution >= 4 is 0 Å². The Labute approximate surface area is 168 Å². The van der Waals surface area contributed by atoms with E-state index in [2.05, 4.69) is 97.0 Å². The number of unbranched alkanes of at least 4 members (excludes halogenated alkanes) is 3. The van der Waals surface area contributed by atoms with Gasteiger partial charge in [-0.3, -0.25) is 0 Å². The van der Waals surface area contributed by atoms with Gasteiger partial charge in [-0.1, -0.05) is 123 Å². The Kier molecular flexibility index (Phi) is 7.32. The molecular weight excluding hydrogens is 324 g/mol. The highest BCUT2D eigenvalue weighted by Gasteiger charge is 2.19. The van der Waals surface area contributed by atoms with Crippen LogP contribution in [0, 0.1) is 0 Å². The zero-order valence-corrected chi connectivity index (χ0v) is 18.7. The SMILES string of the molecule is CCCCCCC(c1ccc(C(C)(C)C)cc1)c1ccc(C(C)(C)C)cc1. The first-order valence-electron chi connectivity index (χ1n) is 10.8. The molecule has 2 rings (SSSR count). The van der Waals surface area contributed by atoms with Crippen LogP contribution in [-0.4, -0.2) is 0 Å². The molecule has 27 heavy (non-hydrogen) atoms. The van der Waals surface area contributed by atoms with E-state index >= 15 is 0 Å². The fraction of sp³-hybridized carbons (Fsp3) is 0.556. The second-order valence-electron chi connectivity index (χ2n) is 10.1. The topological polar surface area (TPSA) is 0 Å². The van der Waals surface area contributed by atoms with E-state index in [1.165, 1.54) is 54.4 Å². The Morgan fingerprint density at radius 1 is 0.593 bits per heavy atom. The molecule has 148 valence electrons. The summed E-state index contributed by atoms with van der Waals surface area (Å²) in [5.41, 5.74) is 6.18. The third-order valence-corrected chi connectivity index (χ3v) is 5.70. The van der Waals surface area contributed by atoms with Crippen LogP contribution in [0.3, 0.4) is 0 Å². The lowest BCUT2D eigenvalue weighted by Crippen LogP contribution is -2.12. The minimum Gasteiger partial charge on any atom is -0.0654 e. The fourth-order valence-electron chi connectivity index (χ4n) is 3.73. The number of benzene rings is 2. The van der Waals surface area contributed by atoms with E-state index in [-0.39, 0.29) is 10.8 Å². The highest BCUT2D eigenvalue weighted by atomic mass is 14.2. The van der Waals surface area contributed by atoms with Crippen LogP contribution in [0.15, 0.2) is 48.5 Å². The third kappa shape index (κ3) is 6.23. The molecule has 0 saturated carbocycles. The molecule has 2 aromatic rings. The molecule has 0 aromatic heterocycles. The summed E-state index contributed by atoms with van der Waals surface area (Å²) in [4.78, 5) is 0. The van der Waals surface area contributed by atoms with Gasteiger partial charge in [-0.2, -0.15) is 0 Å². The molecule has 0 nitrogen and oxygen atoms in total. The summed E-state index contributed by atoms with van der Waals surface area (Å²) >= 11 is 0. The molecule has 0 N–H and O–H groups in total. The molecule has 0 saturated heterocycles. The Balaban J connectivity index is 2.28. The van der Waals surface area contributed by atoms with Crippen molar-refractivity contribution in [1.82, 2.24) is 0 Å². The molecule has 0 aliphatic rings. The van der Waals surface area contributed by atoms with Gasteiger partial charge in [0.25, 0.3) is 0 Å². The smallest absolute Gasteiger partial charge is 0.00893 e. The van der Waals surface area contributed by atoms with Gasteiger partial charge < -0.3 is 0 Å². The van der Waals surface area contributed by atoms with Gasteiger partial charge in [0.05, 0.1) is 0 Å². The van der Waals surface area contributed by atoms with Crippen LogP contribution >= 0.6 is 0 Å². The monoisotopic (exact) mass is 364 g/mol. The molecule has 0 aliphatic heterocycles. The first kappa shape index (κ1) is 21.7. The van der Waals surface area contributed by atoms with E-state index in [9.17, 15) is 0 Å². The van der Waals surface area contributed by atoms with Crippen LogP contribution in [0.2, 0.25) is 0 Å². The normalized spacial score (nSPS) is 12.6. The maximum Gasteiger partial charge on any atom is 0.00893 e. The summed E-state index contributed by atoms with van der Waals surface area (Å²) in [6.07, 6.45) is 6.53. The molecule has 0 spiro atoms. The molecule has 0 fully saturated rings. The Bertz CT molecular complexity index is 617.